The molecule has 6 nitrogen and oxygen atoms in total. The average Bonchev–Trinajstić information content (AvgIpc) is 3.44. The molecule has 1 unspecified atom stereocenters. The van der Waals surface area contributed by atoms with Gasteiger partial charge in [0.2, 0.25) is 5.91 Å². The number of benzene rings is 1. The largest absolute Gasteiger partial charge is 0.354 e. The highest BCUT2D eigenvalue weighted by molar-refractivity contribution is 5.85. The summed E-state index contributed by atoms with van der Waals surface area (Å²) in [5.74, 6) is 0.516. The highest BCUT2D eigenvalue weighted by atomic mass is 35.5. The van der Waals surface area contributed by atoms with Gasteiger partial charge in [0.05, 0.1) is 0 Å². The second-order valence-electron chi connectivity index (χ2n) is 6.73. The number of nitrogens with two attached hydrogens (primary N) is 1. The lowest BCUT2D eigenvalue weighted by Gasteiger charge is -2.28. The van der Waals surface area contributed by atoms with Crippen molar-refractivity contribution >= 4 is 24.3 Å². The molecule has 0 radical (unpaired) electrons. The summed E-state index contributed by atoms with van der Waals surface area (Å²) in [7, 11) is 0. The number of hydrogen-bond donors (Lipinski definition) is 3. The molecular formula is C18H27ClN4O2. The summed E-state index contributed by atoms with van der Waals surface area (Å²) in [6, 6.07) is 8.16. The lowest BCUT2D eigenvalue weighted by atomic mass is 10.0. The first-order valence-corrected chi connectivity index (χ1v) is 8.75. The number of amides is 3. The van der Waals surface area contributed by atoms with Crippen molar-refractivity contribution in [1.82, 2.24) is 15.5 Å². The van der Waals surface area contributed by atoms with Gasteiger partial charge in [-0.1, -0.05) is 24.3 Å². The molecule has 0 spiro atoms. The number of fused-ring (bicyclic) bond motifs is 1. The lowest BCUT2D eigenvalue weighted by molar-refractivity contribution is -0.121. The molecule has 2 aliphatic rings. The standard InChI is InChI=1S/C18H26N4O2.ClH/c19-16(14-5-6-14)11-21-17(23)7-9-20-18(24)22-10-8-13-3-1-2-4-15(13)12-22;/h1-4,14,16H,5-12,19H2,(H,20,24)(H,21,23);1H. The molecule has 3 amide bonds. The molecule has 0 bridgehead atoms. The zero-order valence-corrected chi connectivity index (χ0v) is 15.2. The number of carbonyl (C=O) groups excluding carboxylic acids is 2. The van der Waals surface area contributed by atoms with E-state index in [2.05, 4.69) is 22.8 Å². The molecule has 1 atom stereocenters. The van der Waals surface area contributed by atoms with Crippen molar-refractivity contribution in [3.8, 4) is 0 Å². The first-order valence-electron chi connectivity index (χ1n) is 8.75. The van der Waals surface area contributed by atoms with E-state index in [0.29, 0.717) is 32.1 Å². The molecule has 1 aromatic carbocycles. The Labute approximate surface area is 154 Å². The van der Waals surface area contributed by atoms with Crippen LogP contribution in [0.3, 0.4) is 0 Å². The van der Waals surface area contributed by atoms with Crippen molar-refractivity contribution < 1.29 is 9.59 Å². The van der Waals surface area contributed by atoms with Crippen LogP contribution in [0.5, 0.6) is 0 Å². The Morgan fingerprint density at radius 2 is 1.92 bits per heavy atom. The van der Waals surface area contributed by atoms with Gasteiger partial charge in [-0.15, -0.1) is 12.4 Å². The monoisotopic (exact) mass is 366 g/mol. The van der Waals surface area contributed by atoms with Crippen LogP contribution in [0.4, 0.5) is 4.79 Å². The molecular weight excluding hydrogens is 340 g/mol. The minimum atomic E-state index is -0.105. The molecule has 25 heavy (non-hydrogen) atoms. The smallest absolute Gasteiger partial charge is 0.317 e. The minimum Gasteiger partial charge on any atom is -0.354 e. The van der Waals surface area contributed by atoms with Crippen LogP contribution in [0.25, 0.3) is 0 Å². The number of rotatable bonds is 6. The van der Waals surface area contributed by atoms with Gasteiger partial charge >= 0.3 is 6.03 Å². The minimum absolute atomic E-state index is 0. The fourth-order valence-electron chi connectivity index (χ4n) is 3.07. The van der Waals surface area contributed by atoms with Crippen LogP contribution in [0.15, 0.2) is 24.3 Å². The average molecular weight is 367 g/mol. The summed E-state index contributed by atoms with van der Waals surface area (Å²) in [6.45, 7) is 2.22. The number of nitrogens with zero attached hydrogens (tertiary/aromatic N) is 1. The highest BCUT2D eigenvalue weighted by Crippen LogP contribution is 2.31. The van der Waals surface area contributed by atoms with E-state index in [1.165, 1.54) is 24.0 Å². The van der Waals surface area contributed by atoms with E-state index in [-0.39, 0.29) is 36.8 Å². The van der Waals surface area contributed by atoms with Gasteiger partial charge in [0, 0.05) is 38.6 Å². The van der Waals surface area contributed by atoms with Gasteiger partial charge in [0.25, 0.3) is 0 Å². The van der Waals surface area contributed by atoms with Crippen LogP contribution < -0.4 is 16.4 Å². The van der Waals surface area contributed by atoms with Crippen molar-refractivity contribution in [2.75, 3.05) is 19.6 Å². The molecule has 0 saturated heterocycles. The molecule has 3 rings (SSSR count). The summed E-state index contributed by atoms with van der Waals surface area (Å²) < 4.78 is 0. The molecule has 1 aromatic rings. The number of carbonyl (C=O) groups is 2. The second-order valence-corrected chi connectivity index (χ2v) is 6.73. The first kappa shape index (κ1) is 19.5. The van der Waals surface area contributed by atoms with Crippen LogP contribution in [-0.4, -0.2) is 42.5 Å². The Morgan fingerprint density at radius 3 is 2.64 bits per heavy atom. The Morgan fingerprint density at radius 1 is 1.20 bits per heavy atom. The molecule has 1 fully saturated rings. The van der Waals surface area contributed by atoms with Gasteiger partial charge in [-0.3, -0.25) is 4.79 Å². The van der Waals surface area contributed by atoms with Crippen molar-refractivity contribution in [2.45, 2.75) is 38.3 Å². The van der Waals surface area contributed by atoms with E-state index in [1.807, 2.05) is 12.1 Å². The van der Waals surface area contributed by atoms with Crippen LogP contribution in [0, 0.1) is 5.92 Å². The van der Waals surface area contributed by atoms with Crippen LogP contribution in [0.1, 0.15) is 30.4 Å². The maximum Gasteiger partial charge on any atom is 0.317 e. The van der Waals surface area contributed by atoms with E-state index in [4.69, 9.17) is 5.73 Å². The van der Waals surface area contributed by atoms with Gasteiger partial charge in [0.1, 0.15) is 0 Å². The Hall–Kier alpha value is -1.79. The molecule has 138 valence electrons. The van der Waals surface area contributed by atoms with E-state index in [0.717, 1.165) is 6.42 Å². The van der Waals surface area contributed by atoms with E-state index >= 15 is 0 Å². The fraction of sp³-hybridized carbons (Fsp3) is 0.556. The highest BCUT2D eigenvalue weighted by Gasteiger charge is 2.28. The lowest BCUT2D eigenvalue weighted by Crippen LogP contribution is -2.44. The second kappa shape index (κ2) is 9.06. The molecule has 1 heterocycles. The van der Waals surface area contributed by atoms with Crippen LogP contribution in [-0.2, 0) is 17.8 Å². The van der Waals surface area contributed by atoms with Crippen LogP contribution >= 0.6 is 12.4 Å². The maximum absolute atomic E-state index is 12.2. The van der Waals surface area contributed by atoms with E-state index < -0.39 is 0 Å². The molecule has 1 saturated carbocycles. The van der Waals surface area contributed by atoms with Gasteiger partial charge in [-0.25, -0.2) is 4.79 Å². The maximum atomic E-state index is 12.2. The zero-order valence-electron chi connectivity index (χ0n) is 14.4. The molecule has 1 aliphatic carbocycles. The summed E-state index contributed by atoms with van der Waals surface area (Å²) in [5, 5.41) is 5.67. The van der Waals surface area contributed by atoms with E-state index in [1.54, 1.807) is 4.90 Å². The quantitative estimate of drug-likeness (QED) is 0.711. The Bertz CT molecular complexity index is 606. The molecule has 0 aromatic heterocycles. The predicted molar refractivity (Wildman–Crippen MR) is 99.5 cm³/mol. The van der Waals surface area contributed by atoms with Gasteiger partial charge in [0.15, 0.2) is 0 Å². The number of nitrogens with one attached hydrogen (secondary N) is 2. The normalized spacial score (nSPS) is 17.1. The summed E-state index contributed by atoms with van der Waals surface area (Å²) in [6.07, 6.45) is 3.51. The number of halogens is 1. The topological polar surface area (TPSA) is 87.5 Å². The molecule has 1 aliphatic heterocycles. The summed E-state index contributed by atoms with van der Waals surface area (Å²) in [4.78, 5) is 25.8. The van der Waals surface area contributed by atoms with Gasteiger partial charge in [-0.2, -0.15) is 0 Å². The third-order valence-corrected chi connectivity index (χ3v) is 4.81. The fourth-order valence-corrected chi connectivity index (χ4v) is 3.07. The predicted octanol–water partition coefficient (Wildman–Crippen LogP) is 1.42. The van der Waals surface area contributed by atoms with Crippen LogP contribution in [0.2, 0.25) is 0 Å². The van der Waals surface area contributed by atoms with Crippen molar-refractivity contribution in [3.63, 3.8) is 0 Å². The van der Waals surface area contributed by atoms with Crippen molar-refractivity contribution in [3.05, 3.63) is 35.4 Å². The van der Waals surface area contributed by atoms with Gasteiger partial charge < -0.3 is 21.3 Å². The van der Waals surface area contributed by atoms with Crippen molar-refractivity contribution in [2.24, 2.45) is 11.7 Å². The first-order chi connectivity index (χ1) is 11.6. The Kier molecular flexibility index (Phi) is 7.08. The zero-order chi connectivity index (χ0) is 16.9. The van der Waals surface area contributed by atoms with E-state index in [9.17, 15) is 9.59 Å². The molecule has 7 heteroatoms. The number of urea groups is 1. The third kappa shape index (κ3) is 5.61. The Balaban J connectivity index is 0.00000225. The van der Waals surface area contributed by atoms with Gasteiger partial charge in [-0.05, 0) is 36.3 Å². The van der Waals surface area contributed by atoms with Crippen molar-refractivity contribution in [1.29, 1.82) is 0 Å². The SMILES string of the molecule is Cl.NC(CNC(=O)CCNC(=O)N1CCc2ccccc2C1)C1CC1. The number of hydrogen-bond acceptors (Lipinski definition) is 3. The summed E-state index contributed by atoms with van der Waals surface area (Å²) >= 11 is 0. The third-order valence-electron chi connectivity index (χ3n) is 4.81. The summed E-state index contributed by atoms with van der Waals surface area (Å²) in [5.41, 5.74) is 8.46. The molecule has 4 N–H and O–H groups in total.